The van der Waals surface area contributed by atoms with Crippen molar-refractivity contribution in [2.75, 3.05) is 6.54 Å². The van der Waals surface area contributed by atoms with E-state index in [9.17, 15) is 5.11 Å². The number of aliphatic hydroxyl groups is 1. The van der Waals surface area contributed by atoms with Crippen molar-refractivity contribution < 1.29 is 5.11 Å². The van der Waals surface area contributed by atoms with Gasteiger partial charge in [-0.2, -0.15) is 5.10 Å². The molecule has 1 fully saturated rings. The molecule has 0 unspecified atom stereocenters. The number of hydrogen-bond donors (Lipinski definition) is 1. The molecule has 0 radical (unpaired) electrons. The Morgan fingerprint density at radius 1 is 1.07 bits per heavy atom. The second kappa shape index (κ2) is 7.19. The molecule has 0 bridgehead atoms. The number of rotatable bonds is 5. The highest BCUT2D eigenvalue weighted by molar-refractivity contribution is 5.67. The van der Waals surface area contributed by atoms with E-state index in [1.807, 2.05) is 0 Å². The van der Waals surface area contributed by atoms with Crippen molar-refractivity contribution in [2.24, 2.45) is 5.92 Å². The van der Waals surface area contributed by atoms with Crippen molar-refractivity contribution in [3.8, 4) is 11.1 Å². The van der Waals surface area contributed by atoms with E-state index in [1.165, 1.54) is 27.9 Å². The Bertz CT molecular complexity index is 989. The zero-order valence-corrected chi connectivity index (χ0v) is 16.4. The molecule has 4 nitrogen and oxygen atoms in total. The van der Waals surface area contributed by atoms with Gasteiger partial charge in [0.1, 0.15) is 6.10 Å². The monoisotopic (exact) mass is 373 g/mol. The Morgan fingerprint density at radius 2 is 1.93 bits per heavy atom. The van der Waals surface area contributed by atoms with E-state index < -0.39 is 0 Å². The van der Waals surface area contributed by atoms with Gasteiger partial charge < -0.3 is 5.11 Å². The lowest BCUT2D eigenvalue weighted by Crippen LogP contribution is -2.33. The molecule has 1 saturated carbocycles. The van der Waals surface area contributed by atoms with Crippen molar-refractivity contribution in [3.63, 3.8) is 0 Å². The first kappa shape index (κ1) is 17.7. The molecule has 144 valence electrons. The predicted molar refractivity (Wildman–Crippen MR) is 111 cm³/mol. The number of aryl methyl sites for hydroxylation is 1. The van der Waals surface area contributed by atoms with Gasteiger partial charge in [-0.15, -0.1) is 0 Å². The topological polar surface area (TPSA) is 41.3 Å². The molecule has 2 aliphatic rings. The van der Waals surface area contributed by atoms with Crippen LogP contribution in [0.5, 0.6) is 0 Å². The van der Waals surface area contributed by atoms with Gasteiger partial charge in [0.2, 0.25) is 0 Å². The molecule has 1 aromatic heterocycles. The molecule has 0 amide bonds. The molecule has 0 saturated heterocycles. The van der Waals surface area contributed by atoms with Crippen LogP contribution >= 0.6 is 0 Å². The molecule has 0 spiro atoms. The fourth-order valence-electron chi connectivity index (χ4n) is 4.27. The average Bonchev–Trinajstić information content (AvgIpc) is 3.47. The standard InChI is InChI=1S/C24H27N3O/c1-17-5-2-3-8-22(17)20-7-4-6-18(13-20)15-26-11-12-27-21(16-26)14-23(25-27)24(28)19-9-10-19/h2-8,13-14,19,24,28H,9-12,15-16H2,1H3/t24-/m1/s1. The van der Waals surface area contributed by atoms with Gasteiger partial charge in [-0.05, 0) is 60.1 Å². The number of fused-ring (bicyclic) bond motifs is 1. The predicted octanol–water partition coefficient (Wildman–Crippen LogP) is 4.32. The fourth-order valence-corrected chi connectivity index (χ4v) is 4.27. The summed E-state index contributed by atoms with van der Waals surface area (Å²) in [4.78, 5) is 2.47. The summed E-state index contributed by atoms with van der Waals surface area (Å²) < 4.78 is 2.08. The summed E-state index contributed by atoms with van der Waals surface area (Å²) in [5, 5.41) is 15.0. The molecule has 2 aromatic carbocycles. The molecule has 1 aliphatic carbocycles. The van der Waals surface area contributed by atoms with Crippen LogP contribution in [-0.4, -0.2) is 26.3 Å². The molecule has 2 heterocycles. The Kier molecular flexibility index (Phi) is 4.53. The van der Waals surface area contributed by atoms with Crippen molar-refractivity contribution in [2.45, 2.75) is 45.5 Å². The van der Waals surface area contributed by atoms with Crippen LogP contribution in [0.15, 0.2) is 54.6 Å². The first-order chi connectivity index (χ1) is 13.7. The minimum absolute atomic E-state index is 0.377. The zero-order chi connectivity index (χ0) is 19.1. The highest BCUT2D eigenvalue weighted by Gasteiger charge is 2.33. The minimum atomic E-state index is -0.377. The lowest BCUT2D eigenvalue weighted by Gasteiger charge is -2.27. The quantitative estimate of drug-likeness (QED) is 0.724. The van der Waals surface area contributed by atoms with Gasteiger partial charge >= 0.3 is 0 Å². The normalized spacial score (nSPS) is 18.1. The van der Waals surface area contributed by atoms with Crippen molar-refractivity contribution in [3.05, 3.63) is 77.1 Å². The molecule has 1 N–H and O–H groups in total. The summed E-state index contributed by atoms with van der Waals surface area (Å²) in [6.45, 7) is 5.87. The number of aromatic nitrogens is 2. The third kappa shape index (κ3) is 3.50. The van der Waals surface area contributed by atoms with E-state index in [0.717, 1.165) is 44.7 Å². The second-order valence-electron chi connectivity index (χ2n) is 8.29. The van der Waals surface area contributed by atoms with Crippen molar-refractivity contribution in [1.29, 1.82) is 0 Å². The molecule has 5 rings (SSSR count). The van der Waals surface area contributed by atoms with Gasteiger partial charge in [-0.1, -0.05) is 42.5 Å². The number of nitrogens with zero attached hydrogens (tertiary/aromatic N) is 3. The number of hydrogen-bond acceptors (Lipinski definition) is 3. The van der Waals surface area contributed by atoms with Crippen LogP contribution in [0.4, 0.5) is 0 Å². The Labute approximate surface area is 166 Å². The van der Waals surface area contributed by atoms with Gasteiger partial charge in [0.25, 0.3) is 0 Å². The molecule has 1 aliphatic heterocycles. The molecule has 28 heavy (non-hydrogen) atoms. The summed E-state index contributed by atoms with van der Waals surface area (Å²) in [5.74, 6) is 0.428. The zero-order valence-electron chi connectivity index (χ0n) is 16.4. The number of aliphatic hydroxyl groups excluding tert-OH is 1. The van der Waals surface area contributed by atoms with Gasteiger partial charge in [0.15, 0.2) is 0 Å². The third-order valence-corrected chi connectivity index (χ3v) is 6.06. The summed E-state index contributed by atoms with van der Waals surface area (Å²) in [6.07, 6.45) is 1.89. The maximum atomic E-state index is 10.4. The highest BCUT2D eigenvalue weighted by atomic mass is 16.3. The van der Waals surface area contributed by atoms with E-state index >= 15 is 0 Å². The summed E-state index contributed by atoms with van der Waals surface area (Å²) >= 11 is 0. The van der Waals surface area contributed by atoms with Crippen LogP contribution in [0.1, 0.15) is 41.5 Å². The first-order valence-electron chi connectivity index (χ1n) is 10.3. The Hall–Kier alpha value is -2.43. The molecule has 4 heteroatoms. The summed E-state index contributed by atoms with van der Waals surface area (Å²) in [7, 11) is 0. The average molecular weight is 374 g/mol. The van der Waals surface area contributed by atoms with Crippen LogP contribution in [0.25, 0.3) is 11.1 Å². The Morgan fingerprint density at radius 3 is 2.75 bits per heavy atom. The van der Waals surface area contributed by atoms with E-state index in [-0.39, 0.29) is 6.10 Å². The van der Waals surface area contributed by atoms with Crippen LogP contribution in [0, 0.1) is 12.8 Å². The maximum absolute atomic E-state index is 10.4. The smallest absolute Gasteiger partial charge is 0.101 e. The SMILES string of the molecule is Cc1ccccc1-c1cccc(CN2CCn3nc([C@H](O)C4CC4)cc3C2)c1. The summed E-state index contributed by atoms with van der Waals surface area (Å²) in [5.41, 5.74) is 7.32. The third-order valence-electron chi connectivity index (χ3n) is 6.06. The lowest BCUT2D eigenvalue weighted by atomic mass is 9.99. The van der Waals surface area contributed by atoms with E-state index in [4.69, 9.17) is 0 Å². The molecule has 3 aromatic rings. The van der Waals surface area contributed by atoms with Crippen LogP contribution < -0.4 is 0 Å². The van der Waals surface area contributed by atoms with Gasteiger partial charge in [0.05, 0.1) is 17.9 Å². The largest absolute Gasteiger partial charge is 0.386 e. The van der Waals surface area contributed by atoms with E-state index in [2.05, 4.69) is 76.2 Å². The summed E-state index contributed by atoms with van der Waals surface area (Å²) in [6, 6.07) is 19.6. The van der Waals surface area contributed by atoms with Crippen LogP contribution in [0.2, 0.25) is 0 Å². The fraction of sp³-hybridized carbons (Fsp3) is 0.375. The van der Waals surface area contributed by atoms with Crippen molar-refractivity contribution in [1.82, 2.24) is 14.7 Å². The van der Waals surface area contributed by atoms with Gasteiger partial charge in [-0.3, -0.25) is 9.58 Å². The first-order valence-corrected chi connectivity index (χ1v) is 10.3. The number of benzene rings is 2. The van der Waals surface area contributed by atoms with E-state index in [0.29, 0.717) is 5.92 Å². The maximum Gasteiger partial charge on any atom is 0.101 e. The Balaban J connectivity index is 1.31. The molecular weight excluding hydrogens is 346 g/mol. The highest BCUT2D eigenvalue weighted by Crippen LogP contribution is 2.40. The molecule has 1 atom stereocenters. The minimum Gasteiger partial charge on any atom is -0.386 e. The van der Waals surface area contributed by atoms with Crippen LogP contribution in [-0.2, 0) is 19.6 Å². The van der Waals surface area contributed by atoms with Gasteiger partial charge in [-0.25, -0.2) is 0 Å². The van der Waals surface area contributed by atoms with E-state index in [1.54, 1.807) is 0 Å². The second-order valence-corrected chi connectivity index (χ2v) is 8.29. The van der Waals surface area contributed by atoms with Gasteiger partial charge in [0, 0.05) is 19.6 Å². The molecular formula is C24H27N3O. The van der Waals surface area contributed by atoms with Crippen molar-refractivity contribution >= 4 is 0 Å². The lowest BCUT2D eigenvalue weighted by molar-refractivity contribution is 0.147. The van der Waals surface area contributed by atoms with Crippen LogP contribution in [0.3, 0.4) is 0 Å².